The Morgan fingerprint density at radius 1 is 0.378 bits per heavy atom. The Morgan fingerprint density at radius 2 is 0.711 bits per heavy atom. The van der Waals surface area contributed by atoms with Crippen molar-refractivity contribution in [1.29, 1.82) is 0 Å². The molecule has 7 aromatic rings. The minimum Gasteiger partial charge on any atom is -0.377 e. The summed E-state index contributed by atoms with van der Waals surface area (Å²) in [6.45, 7) is 0.919. The van der Waals surface area contributed by atoms with E-state index < -0.39 is 11.2 Å². The van der Waals surface area contributed by atoms with Crippen LogP contribution in [-0.2, 0) is 17.7 Å². The molecule has 1 heterocycles. The van der Waals surface area contributed by atoms with Gasteiger partial charge in [0.1, 0.15) is 0 Å². The normalized spacial score (nSPS) is 11.4. The first-order chi connectivity index (χ1) is 22.1. The number of hydrogen-bond acceptors (Lipinski definition) is 2. The molecule has 6 aromatic carbocycles. The van der Waals surface area contributed by atoms with Crippen LogP contribution in [-0.4, -0.2) is 10.2 Å². The van der Waals surface area contributed by atoms with Crippen molar-refractivity contribution in [2.75, 3.05) is 0 Å². The van der Waals surface area contributed by atoms with Crippen molar-refractivity contribution in [3.8, 4) is 0 Å². The maximum absolute atomic E-state index is 12.3. The van der Waals surface area contributed by atoms with E-state index in [0.29, 0.717) is 22.3 Å². The van der Waals surface area contributed by atoms with Crippen molar-refractivity contribution >= 4 is 10.9 Å². The first kappa shape index (κ1) is 29.7. The number of aliphatic hydroxyl groups is 2. The fourth-order valence-electron chi connectivity index (χ4n) is 6.03. The fraction of sp³-hybridized carbons (Fsp3) is 0.0714. The van der Waals surface area contributed by atoms with Crippen molar-refractivity contribution in [3.05, 3.63) is 222 Å². The highest BCUT2D eigenvalue weighted by atomic mass is 16.4. The first-order valence-corrected chi connectivity index (χ1v) is 15.2. The Bertz CT molecular complexity index is 1760. The first-order valence-electron chi connectivity index (χ1n) is 15.2. The Labute approximate surface area is 265 Å². The third kappa shape index (κ3) is 6.05. The van der Waals surface area contributed by atoms with Crippen molar-refractivity contribution in [2.45, 2.75) is 17.7 Å². The van der Waals surface area contributed by atoms with E-state index in [9.17, 15) is 10.2 Å². The summed E-state index contributed by atoms with van der Waals surface area (Å²) in [5.74, 6) is 0. The zero-order chi connectivity index (χ0) is 31.0. The van der Waals surface area contributed by atoms with Gasteiger partial charge in [-0.15, -0.1) is 0 Å². The summed E-state index contributed by atoms with van der Waals surface area (Å²) in [4.78, 5) is 0. The van der Waals surface area contributed by atoms with Gasteiger partial charge in [-0.25, -0.2) is 0 Å². The topological polar surface area (TPSA) is 44.3 Å². The van der Waals surface area contributed by atoms with Crippen molar-refractivity contribution in [3.63, 3.8) is 0 Å². The average molecular weight is 587 g/mol. The van der Waals surface area contributed by atoms with Crippen molar-refractivity contribution in [1.82, 2.24) is 0 Å². The molecule has 0 atom stereocenters. The van der Waals surface area contributed by atoms with Crippen LogP contribution in [0.3, 0.4) is 0 Å². The molecule has 7 rings (SSSR count). The SMILES string of the molecule is OC(c1ccccc1)(c1ccccc1)C(O)(c1ccccc1)c1ccccc1.c1ccc(C[n+]2cccc3ccccc32)cc1. The smallest absolute Gasteiger partial charge is 0.212 e. The Kier molecular flexibility index (Phi) is 8.93. The van der Waals surface area contributed by atoms with E-state index in [1.807, 2.05) is 121 Å². The summed E-state index contributed by atoms with van der Waals surface area (Å²) < 4.78 is 2.28. The van der Waals surface area contributed by atoms with Crippen LogP contribution < -0.4 is 4.57 Å². The molecule has 0 amide bonds. The lowest BCUT2D eigenvalue weighted by atomic mass is 9.66. The number of pyridine rings is 1. The van der Waals surface area contributed by atoms with Gasteiger partial charge in [0.15, 0.2) is 23.9 Å². The number of nitrogens with zero attached hydrogens (tertiary/aromatic N) is 1. The maximum atomic E-state index is 12.3. The Hall–Kier alpha value is -5.35. The Balaban J connectivity index is 0.000000179. The molecule has 1 aromatic heterocycles. The molecule has 0 radical (unpaired) electrons. The van der Waals surface area contributed by atoms with Gasteiger partial charge in [-0.1, -0.05) is 164 Å². The minimum atomic E-state index is -1.70. The van der Waals surface area contributed by atoms with Gasteiger partial charge in [0.25, 0.3) is 0 Å². The van der Waals surface area contributed by atoms with Crippen LogP contribution in [0.2, 0.25) is 0 Å². The zero-order valence-corrected chi connectivity index (χ0v) is 25.0. The number of rotatable bonds is 7. The van der Waals surface area contributed by atoms with Crippen molar-refractivity contribution in [2.24, 2.45) is 0 Å². The highest BCUT2D eigenvalue weighted by Crippen LogP contribution is 2.49. The molecule has 0 aliphatic heterocycles. The highest BCUT2D eigenvalue weighted by Gasteiger charge is 2.54. The van der Waals surface area contributed by atoms with Gasteiger partial charge >= 0.3 is 0 Å². The molecule has 2 N–H and O–H groups in total. The molecule has 45 heavy (non-hydrogen) atoms. The van der Waals surface area contributed by atoms with Gasteiger partial charge in [-0.05, 0) is 34.4 Å². The zero-order valence-electron chi connectivity index (χ0n) is 25.0. The molecule has 3 heteroatoms. The standard InChI is InChI=1S/C26H22O2.C16H14N/c27-25(21-13-5-1-6-14-21,22-15-7-2-8-16-22)26(28,23-17-9-3-10-18-23)24-19-11-4-12-20-24;1-2-7-14(8-3-1)13-17-12-6-10-15-9-4-5-11-16(15)17/h1-20,27-28H;1-12H,13H2/q;+1. The van der Waals surface area contributed by atoms with E-state index in [-0.39, 0.29) is 0 Å². The second-order valence-corrected chi connectivity index (χ2v) is 11.1. The molecule has 0 aliphatic carbocycles. The van der Waals surface area contributed by atoms with E-state index >= 15 is 0 Å². The number of para-hydroxylation sites is 1. The van der Waals surface area contributed by atoms with Crippen LogP contribution in [0.25, 0.3) is 10.9 Å². The van der Waals surface area contributed by atoms with Gasteiger partial charge in [0, 0.05) is 23.1 Å². The molecule has 0 fully saturated rings. The van der Waals surface area contributed by atoms with Crippen LogP contribution in [0.4, 0.5) is 0 Å². The van der Waals surface area contributed by atoms with E-state index in [2.05, 4.69) is 77.5 Å². The number of fused-ring (bicyclic) bond motifs is 1. The molecule has 0 unspecified atom stereocenters. The molecule has 220 valence electrons. The number of benzene rings is 6. The molecule has 0 aliphatic rings. The summed E-state index contributed by atoms with van der Waals surface area (Å²) in [5.41, 5.74) is 1.70. The lowest BCUT2D eigenvalue weighted by Crippen LogP contribution is -2.51. The van der Waals surface area contributed by atoms with Gasteiger partial charge < -0.3 is 10.2 Å². The fourth-order valence-corrected chi connectivity index (χ4v) is 6.03. The molecule has 0 saturated carbocycles. The van der Waals surface area contributed by atoms with Gasteiger partial charge in [0.05, 0.1) is 0 Å². The monoisotopic (exact) mass is 586 g/mol. The lowest BCUT2D eigenvalue weighted by molar-refractivity contribution is -0.662. The predicted octanol–water partition coefficient (Wildman–Crippen LogP) is 8.03. The second kappa shape index (κ2) is 13.5. The average Bonchev–Trinajstić information content (AvgIpc) is 3.13. The van der Waals surface area contributed by atoms with Crippen molar-refractivity contribution < 1.29 is 14.8 Å². The molecule has 3 nitrogen and oxygen atoms in total. The van der Waals surface area contributed by atoms with E-state index in [1.54, 1.807) is 0 Å². The molecular formula is C42H36NO2+. The largest absolute Gasteiger partial charge is 0.377 e. The van der Waals surface area contributed by atoms with E-state index in [1.165, 1.54) is 16.5 Å². The highest BCUT2D eigenvalue weighted by molar-refractivity contribution is 5.75. The maximum Gasteiger partial charge on any atom is 0.212 e. The molecule has 0 spiro atoms. The summed E-state index contributed by atoms with van der Waals surface area (Å²) >= 11 is 0. The third-order valence-electron chi connectivity index (χ3n) is 8.27. The minimum absolute atomic E-state index is 0.622. The van der Waals surface area contributed by atoms with Crippen LogP contribution in [0, 0.1) is 0 Å². The van der Waals surface area contributed by atoms with Crippen LogP contribution in [0.1, 0.15) is 27.8 Å². The van der Waals surface area contributed by atoms with Crippen LogP contribution in [0.15, 0.2) is 194 Å². The summed E-state index contributed by atoms with van der Waals surface area (Å²) in [6, 6.07) is 60.7. The van der Waals surface area contributed by atoms with Crippen LogP contribution >= 0.6 is 0 Å². The van der Waals surface area contributed by atoms with Gasteiger partial charge in [-0.3, -0.25) is 0 Å². The predicted molar refractivity (Wildman–Crippen MR) is 181 cm³/mol. The summed E-state index contributed by atoms with van der Waals surface area (Å²) in [6.07, 6.45) is 2.13. The lowest BCUT2D eigenvalue weighted by Gasteiger charge is -2.45. The quantitative estimate of drug-likeness (QED) is 0.186. The second-order valence-electron chi connectivity index (χ2n) is 11.1. The summed E-state index contributed by atoms with van der Waals surface area (Å²) in [5, 5.41) is 25.9. The van der Waals surface area contributed by atoms with Crippen LogP contribution in [0.5, 0.6) is 0 Å². The van der Waals surface area contributed by atoms with E-state index in [0.717, 1.165) is 6.54 Å². The molecular weight excluding hydrogens is 550 g/mol. The van der Waals surface area contributed by atoms with E-state index in [4.69, 9.17) is 0 Å². The van der Waals surface area contributed by atoms with Gasteiger partial charge in [-0.2, -0.15) is 4.57 Å². The summed E-state index contributed by atoms with van der Waals surface area (Å²) in [7, 11) is 0. The molecule has 0 saturated heterocycles. The number of hydrogen-bond donors (Lipinski definition) is 2. The Morgan fingerprint density at radius 3 is 1.13 bits per heavy atom. The van der Waals surface area contributed by atoms with Gasteiger partial charge in [0.2, 0.25) is 5.52 Å². The number of aromatic nitrogens is 1. The molecule has 0 bridgehead atoms. The third-order valence-corrected chi connectivity index (χ3v) is 8.27.